The van der Waals surface area contributed by atoms with Crippen LogP contribution in [0.1, 0.15) is 10.4 Å². The van der Waals surface area contributed by atoms with E-state index in [2.05, 4.69) is 10.3 Å². The van der Waals surface area contributed by atoms with Crippen molar-refractivity contribution in [3.05, 3.63) is 47.1 Å². The smallest absolute Gasteiger partial charge is 0.296 e. The Morgan fingerprint density at radius 2 is 2.05 bits per heavy atom. The van der Waals surface area contributed by atoms with Gasteiger partial charge in [0, 0.05) is 11.1 Å². The van der Waals surface area contributed by atoms with Crippen molar-refractivity contribution in [3.8, 4) is 0 Å². The maximum absolute atomic E-state index is 11.5. The average Bonchev–Trinajstić information content (AvgIpc) is 2.68. The van der Waals surface area contributed by atoms with Gasteiger partial charge in [0.25, 0.3) is 11.7 Å². The zero-order valence-corrected chi connectivity index (χ0v) is 11.1. The molecule has 0 atom stereocenters. The van der Waals surface area contributed by atoms with Gasteiger partial charge in [-0.1, -0.05) is 23.4 Å². The number of amides is 1. The van der Waals surface area contributed by atoms with Crippen molar-refractivity contribution < 1.29 is 9.59 Å². The monoisotopic (exact) mass is 290 g/mol. The van der Waals surface area contributed by atoms with E-state index in [0.717, 1.165) is 4.90 Å². The van der Waals surface area contributed by atoms with Gasteiger partial charge in [0.2, 0.25) is 0 Å². The fourth-order valence-corrected chi connectivity index (χ4v) is 2.80. The van der Waals surface area contributed by atoms with E-state index in [4.69, 9.17) is 11.6 Å². The number of fused-ring (bicyclic) bond motifs is 1. The van der Waals surface area contributed by atoms with Crippen LogP contribution in [0.4, 0.5) is 5.69 Å². The van der Waals surface area contributed by atoms with Gasteiger partial charge in [0.05, 0.1) is 16.3 Å². The molecule has 2 aromatic rings. The summed E-state index contributed by atoms with van der Waals surface area (Å²) in [7, 11) is 0. The van der Waals surface area contributed by atoms with Gasteiger partial charge in [0.1, 0.15) is 5.03 Å². The molecular formula is C13H7ClN2O2S. The number of rotatable bonds is 2. The molecule has 6 heteroatoms. The van der Waals surface area contributed by atoms with Gasteiger partial charge in [-0.3, -0.25) is 9.59 Å². The fraction of sp³-hybridized carbons (Fsp3) is 0. The second-order valence-corrected chi connectivity index (χ2v) is 5.35. The number of Topliss-reactive ketones (excluding diaryl/α,β-unsaturated/α-hetero) is 1. The van der Waals surface area contributed by atoms with Crippen LogP contribution in [0, 0.1) is 0 Å². The molecule has 94 valence electrons. The first-order valence-corrected chi connectivity index (χ1v) is 6.63. The third-order valence-corrected chi connectivity index (χ3v) is 4.05. The Morgan fingerprint density at radius 1 is 1.21 bits per heavy atom. The van der Waals surface area contributed by atoms with Crippen LogP contribution >= 0.6 is 23.4 Å². The SMILES string of the molecule is O=C1Nc2cc(Sc3ncccc3Cl)ccc2C1=O. The molecule has 4 nitrogen and oxygen atoms in total. The molecule has 0 radical (unpaired) electrons. The number of aromatic nitrogens is 1. The molecule has 0 saturated heterocycles. The van der Waals surface area contributed by atoms with Gasteiger partial charge >= 0.3 is 0 Å². The number of pyridine rings is 1. The predicted octanol–water partition coefficient (Wildman–Crippen LogP) is 3.02. The Hall–Kier alpha value is -1.85. The second kappa shape index (κ2) is 4.68. The Bertz CT molecular complexity index is 703. The molecule has 1 aromatic heterocycles. The number of anilines is 1. The number of benzene rings is 1. The topological polar surface area (TPSA) is 59.1 Å². The molecule has 1 aromatic carbocycles. The normalized spacial score (nSPS) is 13.3. The van der Waals surface area contributed by atoms with Crippen LogP contribution < -0.4 is 5.32 Å². The van der Waals surface area contributed by atoms with Crippen molar-refractivity contribution >= 4 is 40.7 Å². The molecular weight excluding hydrogens is 284 g/mol. The average molecular weight is 291 g/mol. The highest BCUT2D eigenvalue weighted by Gasteiger charge is 2.27. The molecule has 0 bridgehead atoms. The van der Waals surface area contributed by atoms with E-state index < -0.39 is 11.7 Å². The Morgan fingerprint density at radius 3 is 2.84 bits per heavy atom. The fourth-order valence-electron chi connectivity index (χ4n) is 1.75. The van der Waals surface area contributed by atoms with Crippen LogP contribution in [0.25, 0.3) is 0 Å². The van der Waals surface area contributed by atoms with Crippen LogP contribution in [0.2, 0.25) is 5.02 Å². The van der Waals surface area contributed by atoms with Crippen molar-refractivity contribution in [2.75, 3.05) is 5.32 Å². The van der Waals surface area contributed by atoms with Crippen molar-refractivity contribution in [3.63, 3.8) is 0 Å². The number of carbonyl (C=O) groups is 2. The number of nitrogens with zero attached hydrogens (tertiary/aromatic N) is 1. The van der Waals surface area contributed by atoms with E-state index in [1.807, 2.05) is 0 Å². The molecule has 1 N–H and O–H groups in total. The summed E-state index contributed by atoms with van der Waals surface area (Å²) in [5.74, 6) is -1.09. The van der Waals surface area contributed by atoms with Crippen LogP contribution in [0.3, 0.4) is 0 Å². The first-order chi connectivity index (χ1) is 9.15. The zero-order valence-electron chi connectivity index (χ0n) is 9.51. The molecule has 0 spiro atoms. The summed E-state index contributed by atoms with van der Waals surface area (Å²) >= 11 is 7.41. The summed E-state index contributed by atoms with van der Waals surface area (Å²) in [5.41, 5.74) is 0.938. The largest absolute Gasteiger partial charge is 0.318 e. The summed E-state index contributed by atoms with van der Waals surface area (Å²) < 4.78 is 0. The number of hydrogen-bond acceptors (Lipinski definition) is 4. The molecule has 0 unspecified atom stereocenters. The Balaban J connectivity index is 1.93. The summed E-state index contributed by atoms with van der Waals surface area (Å²) in [6.07, 6.45) is 1.66. The summed E-state index contributed by atoms with van der Waals surface area (Å²) in [6, 6.07) is 8.67. The third-order valence-electron chi connectivity index (χ3n) is 2.63. The number of carbonyl (C=O) groups excluding carboxylic acids is 2. The van der Waals surface area contributed by atoms with Gasteiger partial charge in [-0.2, -0.15) is 0 Å². The van der Waals surface area contributed by atoms with E-state index >= 15 is 0 Å². The Kier molecular flexibility index (Phi) is 3.00. The van der Waals surface area contributed by atoms with Crippen LogP contribution in [0.15, 0.2) is 46.5 Å². The molecule has 1 aliphatic rings. The Labute approximate surface area is 118 Å². The maximum atomic E-state index is 11.5. The first kappa shape index (κ1) is 12.2. The van der Waals surface area contributed by atoms with Crippen LogP contribution in [-0.2, 0) is 4.79 Å². The lowest BCUT2D eigenvalue weighted by Crippen LogP contribution is -2.12. The highest BCUT2D eigenvalue weighted by atomic mass is 35.5. The minimum atomic E-state index is -0.590. The standard InChI is InChI=1S/C13H7ClN2O2S/c14-9-2-1-5-15-13(9)19-7-3-4-8-10(6-7)16-12(18)11(8)17/h1-6H,(H,16,17,18). The highest BCUT2D eigenvalue weighted by Crippen LogP contribution is 2.34. The number of nitrogens with one attached hydrogen (secondary N) is 1. The molecule has 0 aliphatic carbocycles. The second-order valence-electron chi connectivity index (χ2n) is 3.88. The van der Waals surface area contributed by atoms with E-state index in [1.54, 1.807) is 36.5 Å². The van der Waals surface area contributed by atoms with Crippen molar-refractivity contribution in [1.29, 1.82) is 0 Å². The van der Waals surface area contributed by atoms with E-state index in [9.17, 15) is 9.59 Å². The van der Waals surface area contributed by atoms with Gasteiger partial charge in [-0.05, 0) is 30.3 Å². The van der Waals surface area contributed by atoms with E-state index in [1.165, 1.54) is 11.8 Å². The quantitative estimate of drug-likeness (QED) is 0.864. The minimum absolute atomic E-state index is 0.404. The zero-order chi connectivity index (χ0) is 13.4. The van der Waals surface area contributed by atoms with Gasteiger partial charge in [-0.25, -0.2) is 4.98 Å². The number of hydrogen-bond donors (Lipinski definition) is 1. The lowest BCUT2D eigenvalue weighted by atomic mass is 10.1. The number of ketones is 1. The summed E-state index contributed by atoms with van der Waals surface area (Å²) in [4.78, 5) is 27.8. The van der Waals surface area contributed by atoms with Gasteiger partial charge in [0.15, 0.2) is 0 Å². The highest BCUT2D eigenvalue weighted by molar-refractivity contribution is 7.99. The predicted molar refractivity (Wildman–Crippen MR) is 72.8 cm³/mol. The lowest BCUT2D eigenvalue weighted by Gasteiger charge is -2.04. The minimum Gasteiger partial charge on any atom is -0.318 e. The lowest BCUT2D eigenvalue weighted by molar-refractivity contribution is -0.112. The van der Waals surface area contributed by atoms with Crippen LogP contribution in [0.5, 0.6) is 0 Å². The number of halogens is 1. The summed E-state index contributed by atoms with van der Waals surface area (Å²) in [5, 5.41) is 3.78. The summed E-state index contributed by atoms with van der Waals surface area (Å²) in [6.45, 7) is 0. The molecule has 19 heavy (non-hydrogen) atoms. The molecule has 1 amide bonds. The molecule has 1 aliphatic heterocycles. The molecule has 3 rings (SSSR count). The molecule has 0 saturated carbocycles. The third kappa shape index (κ3) is 2.22. The van der Waals surface area contributed by atoms with E-state index in [0.29, 0.717) is 21.3 Å². The molecule has 0 fully saturated rings. The van der Waals surface area contributed by atoms with Gasteiger partial charge < -0.3 is 5.32 Å². The first-order valence-electron chi connectivity index (χ1n) is 5.43. The van der Waals surface area contributed by atoms with E-state index in [-0.39, 0.29) is 0 Å². The van der Waals surface area contributed by atoms with Crippen LogP contribution in [-0.4, -0.2) is 16.7 Å². The van der Waals surface area contributed by atoms with Crippen molar-refractivity contribution in [2.24, 2.45) is 0 Å². The maximum Gasteiger partial charge on any atom is 0.296 e. The van der Waals surface area contributed by atoms with Crippen molar-refractivity contribution in [1.82, 2.24) is 4.98 Å². The van der Waals surface area contributed by atoms with Gasteiger partial charge in [-0.15, -0.1) is 0 Å². The van der Waals surface area contributed by atoms with Crippen molar-refractivity contribution in [2.45, 2.75) is 9.92 Å². The molecule has 2 heterocycles.